The van der Waals surface area contributed by atoms with Gasteiger partial charge in [0.05, 0.1) is 18.1 Å². The van der Waals surface area contributed by atoms with Gasteiger partial charge < -0.3 is 10.6 Å². The molecule has 0 fully saturated rings. The van der Waals surface area contributed by atoms with Crippen LogP contribution in [0, 0.1) is 0 Å². The fourth-order valence-corrected chi connectivity index (χ4v) is 1.59. The Morgan fingerprint density at radius 2 is 2.31 bits per heavy atom. The van der Waals surface area contributed by atoms with Crippen LogP contribution in [-0.2, 0) is 0 Å². The molecule has 0 unspecified atom stereocenters. The highest BCUT2D eigenvalue weighted by Crippen LogP contribution is 2.16. The predicted octanol–water partition coefficient (Wildman–Crippen LogP) is 0.213. The number of carbonyl (C=O) groups is 1. The van der Waals surface area contributed by atoms with Gasteiger partial charge in [0.2, 0.25) is 0 Å². The van der Waals surface area contributed by atoms with Crippen molar-refractivity contribution >= 4 is 11.5 Å². The zero-order chi connectivity index (χ0) is 11.4. The normalized spacial score (nSPS) is 15.4. The Hall–Kier alpha value is -1.75. The molecule has 2 N–H and O–H groups in total. The second-order valence-corrected chi connectivity index (χ2v) is 3.55. The molecule has 0 aromatic carbocycles. The summed E-state index contributed by atoms with van der Waals surface area (Å²) in [7, 11) is 1.58. The van der Waals surface area contributed by atoms with Crippen molar-refractivity contribution in [2.24, 2.45) is 0 Å². The number of nitrogens with one attached hydrogen (secondary N) is 2. The molecule has 5 heteroatoms. The Labute approximate surface area is 94.0 Å². The lowest BCUT2D eigenvalue weighted by molar-refractivity contribution is 0.0957. The zero-order valence-electron chi connectivity index (χ0n) is 9.16. The Balaban J connectivity index is 2.18. The Bertz CT molecular complexity index is 410. The van der Waals surface area contributed by atoms with E-state index in [0.717, 1.165) is 25.2 Å². The van der Waals surface area contributed by atoms with Crippen LogP contribution in [0.25, 0.3) is 5.57 Å². The third-order valence-electron chi connectivity index (χ3n) is 2.50. The summed E-state index contributed by atoms with van der Waals surface area (Å²) in [6, 6.07) is 0. The topological polar surface area (TPSA) is 66.9 Å². The number of hydrogen-bond donors (Lipinski definition) is 2. The molecule has 1 aliphatic heterocycles. The van der Waals surface area contributed by atoms with Gasteiger partial charge in [-0.15, -0.1) is 0 Å². The van der Waals surface area contributed by atoms with E-state index in [1.54, 1.807) is 13.2 Å². The Morgan fingerprint density at radius 3 is 2.88 bits per heavy atom. The molecule has 1 aliphatic rings. The van der Waals surface area contributed by atoms with Crippen LogP contribution in [0.1, 0.15) is 22.6 Å². The lowest BCUT2D eigenvalue weighted by Gasteiger charge is -2.12. The van der Waals surface area contributed by atoms with Gasteiger partial charge in [-0.05, 0) is 18.5 Å². The van der Waals surface area contributed by atoms with E-state index in [4.69, 9.17) is 0 Å². The molecule has 1 aromatic rings. The van der Waals surface area contributed by atoms with Crippen molar-refractivity contribution in [1.82, 2.24) is 20.6 Å². The van der Waals surface area contributed by atoms with Crippen molar-refractivity contribution in [3.8, 4) is 0 Å². The summed E-state index contributed by atoms with van der Waals surface area (Å²) < 4.78 is 0. The van der Waals surface area contributed by atoms with E-state index in [1.165, 1.54) is 11.8 Å². The summed E-state index contributed by atoms with van der Waals surface area (Å²) in [5.74, 6) is -0.210. The van der Waals surface area contributed by atoms with Crippen LogP contribution < -0.4 is 10.6 Å². The molecular weight excluding hydrogens is 204 g/mol. The second kappa shape index (κ2) is 4.85. The lowest BCUT2D eigenvalue weighted by Crippen LogP contribution is -2.21. The summed E-state index contributed by atoms with van der Waals surface area (Å²) in [5.41, 5.74) is 2.39. The van der Waals surface area contributed by atoms with Crippen LogP contribution >= 0.6 is 0 Å². The third-order valence-corrected chi connectivity index (χ3v) is 2.50. The summed E-state index contributed by atoms with van der Waals surface area (Å²) in [4.78, 5) is 19.6. The molecule has 0 aliphatic carbocycles. The predicted molar refractivity (Wildman–Crippen MR) is 60.9 cm³/mol. The van der Waals surface area contributed by atoms with E-state index in [-0.39, 0.29) is 5.91 Å². The number of carbonyl (C=O) groups excluding carboxylic acids is 1. The van der Waals surface area contributed by atoms with Crippen LogP contribution in [0.5, 0.6) is 0 Å². The maximum absolute atomic E-state index is 11.3. The SMILES string of the molecule is CNC(=O)c1cnc(C2=CCNCC2)cn1. The molecule has 5 nitrogen and oxygen atoms in total. The smallest absolute Gasteiger partial charge is 0.271 e. The minimum atomic E-state index is -0.210. The van der Waals surface area contributed by atoms with Crippen molar-refractivity contribution < 1.29 is 4.79 Å². The number of amides is 1. The second-order valence-electron chi connectivity index (χ2n) is 3.55. The number of aromatic nitrogens is 2. The summed E-state index contributed by atoms with van der Waals surface area (Å²) in [6.07, 6.45) is 6.22. The monoisotopic (exact) mass is 218 g/mol. The molecule has 0 bridgehead atoms. The average molecular weight is 218 g/mol. The summed E-state index contributed by atoms with van der Waals surface area (Å²) >= 11 is 0. The fraction of sp³-hybridized carbons (Fsp3) is 0.364. The van der Waals surface area contributed by atoms with Gasteiger partial charge in [0.1, 0.15) is 5.69 Å². The number of nitrogens with zero attached hydrogens (tertiary/aromatic N) is 2. The highest BCUT2D eigenvalue weighted by molar-refractivity contribution is 5.91. The standard InChI is InChI=1S/C11H14N4O/c1-12-11(16)10-7-14-9(6-15-10)8-2-4-13-5-3-8/h2,6-7,13H,3-5H2,1H3,(H,12,16). The van der Waals surface area contributed by atoms with E-state index in [1.807, 2.05) is 0 Å². The summed E-state index contributed by atoms with van der Waals surface area (Å²) in [5, 5.41) is 5.75. The van der Waals surface area contributed by atoms with E-state index in [2.05, 4.69) is 26.7 Å². The maximum atomic E-state index is 11.3. The Kier molecular flexibility index (Phi) is 3.26. The highest BCUT2D eigenvalue weighted by Gasteiger charge is 2.09. The van der Waals surface area contributed by atoms with E-state index < -0.39 is 0 Å². The van der Waals surface area contributed by atoms with Crippen LogP contribution in [0.15, 0.2) is 18.5 Å². The molecule has 0 spiro atoms. The van der Waals surface area contributed by atoms with Crippen molar-refractivity contribution in [3.05, 3.63) is 29.9 Å². The first-order valence-electron chi connectivity index (χ1n) is 5.25. The van der Waals surface area contributed by atoms with Crippen molar-refractivity contribution in [2.45, 2.75) is 6.42 Å². The van der Waals surface area contributed by atoms with E-state index >= 15 is 0 Å². The molecule has 0 radical (unpaired) electrons. The highest BCUT2D eigenvalue weighted by atomic mass is 16.1. The average Bonchev–Trinajstić information content (AvgIpc) is 2.39. The minimum absolute atomic E-state index is 0.210. The minimum Gasteiger partial charge on any atom is -0.354 e. The molecule has 0 atom stereocenters. The zero-order valence-corrected chi connectivity index (χ0v) is 9.16. The molecule has 84 valence electrons. The van der Waals surface area contributed by atoms with Gasteiger partial charge >= 0.3 is 0 Å². The molecule has 0 saturated carbocycles. The van der Waals surface area contributed by atoms with Gasteiger partial charge in [-0.2, -0.15) is 0 Å². The Morgan fingerprint density at radius 1 is 1.44 bits per heavy atom. The maximum Gasteiger partial charge on any atom is 0.271 e. The molecule has 2 heterocycles. The van der Waals surface area contributed by atoms with Crippen LogP contribution in [0.2, 0.25) is 0 Å². The van der Waals surface area contributed by atoms with Crippen molar-refractivity contribution in [2.75, 3.05) is 20.1 Å². The van der Waals surface area contributed by atoms with Crippen LogP contribution in [0.4, 0.5) is 0 Å². The van der Waals surface area contributed by atoms with Gasteiger partial charge in [0.15, 0.2) is 0 Å². The molecular formula is C11H14N4O. The third kappa shape index (κ3) is 2.25. The lowest BCUT2D eigenvalue weighted by atomic mass is 10.1. The summed E-state index contributed by atoms with van der Waals surface area (Å²) in [6.45, 7) is 1.83. The first-order valence-corrected chi connectivity index (χ1v) is 5.25. The van der Waals surface area contributed by atoms with E-state index in [9.17, 15) is 4.79 Å². The fourth-order valence-electron chi connectivity index (χ4n) is 1.59. The largest absolute Gasteiger partial charge is 0.354 e. The van der Waals surface area contributed by atoms with Crippen LogP contribution in [0.3, 0.4) is 0 Å². The van der Waals surface area contributed by atoms with E-state index in [0.29, 0.717) is 5.69 Å². The van der Waals surface area contributed by atoms with Crippen molar-refractivity contribution in [1.29, 1.82) is 0 Å². The molecule has 1 amide bonds. The van der Waals surface area contributed by atoms with Gasteiger partial charge in [-0.25, -0.2) is 4.98 Å². The van der Waals surface area contributed by atoms with Gasteiger partial charge in [-0.3, -0.25) is 9.78 Å². The molecule has 16 heavy (non-hydrogen) atoms. The van der Waals surface area contributed by atoms with Gasteiger partial charge in [0.25, 0.3) is 5.91 Å². The molecule has 1 aromatic heterocycles. The van der Waals surface area contributed by atoms with Gasteiger partial charge in [-0.1, -0.05) is 6.08 Å². The first-order chi connectivity index (χ1) is 7.81. The quantitative estimate of drug-likeness (QED) is 0.745. The van der Waals surface area contributed by atoms with Gasteiger partial charge in [0, 0.05) is 13.6 Å². The number of hydrogen-bond acceptors (Lipinski definition) is 4. The molecule has 2 rings (SSSR count). The number of rotatable bonds is 2. The first kappa shape index (κ1) is 10.8. The van der Waals surface area contributed by atoms with Crippen LogP contribution in [-0.4, -0.2) is 36.0 Å². The molecule has 0 saturated heterocycles. The van der Waals surface area contributed by atoms with Crippen molar-refractivity contribution in [3.63, 3.8) is 0 Å².